The summed E-state index contributed by atoms with van der Waals surface area (Å²) in [6.07, 6.45) is 13.4. The Morgan fingerprint density at radius 3 is 1.93 bits per heavy atom. The molecule has 3 aromatic rings. The van der Waals surface area contributed by atoms with Crippen molar-refractivity contribution >= 4 is 113 Å². The van der Waals surface area contributed by atoms with E-state index < -0.39 is 100 Å². The van der Waals surface area contributed by atoms with Crippen LogP contribution in [0.3, 0.4) is 0 Å². The van der Waals surface area contributed by atoms with E-state index in [1.165, 1.54) is 12.1 Å². The third kappa shape index (κ3) is 16.0. The van der Waals surface area contributed by atoms with Gasteiger partial charge < -0.3 is 15.1 Å². The highest BCUT2D eigenvalue weighted by atomic mass is 35.5. The number of benzene rings is 3. The number of anilines is 2. The summed E-state index contributed by atoms with van der Waals surface area (Å²) in [6.45, 7) is 8.49. The molecule has 0 spiro atoms. The van der Waals surface area contributed by atoms with Crippen molar-refractivity contribution in [1.82, 2.24) is 10.2 Å². The van der Waals surface area contributed by atoms with Crippen molar-refractivity contribution in [2.75, 3.05) is 66.3 Å². The van der Waals surface area contributed by atoms with E-state index in [4.69, 9.17) is 11.6 Å². The zero-order chi connectivity index (χ0) is 62.0. The Kier molecular flexibility index (Phi) is 20.2. The minimum Gasteiger partial charge on any atom is -0.371 e. The van der Waals surface area contributed by atoms with Gasteiger partial charge in [-0.3, -0.25) is 42.0 Å². The van der Waals surface area contributed by atoms with Crippen LogP contribution in [-0.4, -0.2) is 154 Å². The number of fused-ring (bicyclic) bond motifs is 4. The monoisotopic (exact) mass is 1280 g/mol. The fourth-order valence-electron chi connectivity index (χ4n) is 11.3. The summed E-state index contributed by atoms with van der Waals surface area (Å²) in [5, 5.41) is 3.34. The second kappa shape index (κ2) is 25.7. The van der Waals surface area contributed by atoms with Gasteiger partial charge in [0.25, 0.3) is 62.4 Å². The Balaban J connectivity index is 1.22. The Morgan fingerprint density at radius 2 is 1.32 bits per heavy atom. The van der Waals surface area contributed by atoms with E-state index in [9.17, 15) is 79.2 Å². The second-order valence-corrected chi connectivity index (χ2v) is 30.0. The van der Waals surface area contributed by atoms with Gasteiger partial charge in [0.15, 0.2) is 5.71 Å². The average molecular weight is 1280 g/mol. The predicted octanol–water partition coefficient (Wildman–Crippen LogP) is 6.79. The lowest BCUT2D eigenvalue weighted by Gasteiger charge is -2.27. The van der Waals surface area contributed by atoms with E-state index in [0.29, 0.717) is 84.5 Å². The van der Waals surface area contributed by atoms with Crippen LogP contribution >= 0.6 is 11.6 Å². The molecule has 29 heteroatoms. The molecule has 1 aliphatic carbocycles. The normalized spacial score (nSPS) is 18.4. The molecule has 458 valence electrons. The lowest BCUT2D eigenvalue weighted by atomic mass is 9.78. The van der Waals surface area contributed by atoms with Gasteiger partial charge in [-0.1, -0.05) is 37.6 Å². The first-order valence-electron chi connectivity index (χ1n) is 27.0. The van der Waals surface area contributed by atoms with E-state index in [2.05, 4.69) is 5.32 Å². The molecule has 0 radical (unpaired) electrons. The lowest BCUT2D eigenvalue weighted by Crippen LogP contribution is -2.38. The van der Waals surface area contributed by atoms with Crippen LogP contribution in [0.1, 0.15) is 103 Å². The molecule has 3 heterocycles. The maximum Gasteiger partial charge on any atom is 0.295 e. The zero-order valence-corrected chi connectivity index (χ0v) is 51.5. The van der Waals surface area contributed by atoms with Crippen LogP contribution in [0.2, 0.25) is 0 Å². The average Bonchev–Trinajstić information content (AvgIpc) is 1.91. The van der Waals surface area contributed by atoms with Crippen LogP contribution in [0.15, 0.2) is 111 Å². The van der Waals surface area contributed by atoms with Crippen molar-refractivity contribution in [3.8, 4) is 0 Å². The molecule has 23 nitrogen and oxygen atoms in total. The maximum absolute atomic E-state index is 12.8. The Morgan fingerprint density at radius 1 is 0.690 bits per heavy atom. The van der Waals surface area contributed by atoms with Gasteiger partial charge in [0.05, 0.1) is 27.6 Å². The number of carbonyl (C=O) groups is 3. The minimum absolute atomic E-state index is 0.000986. The highest BCUT2D eigenvalue weighted by Gasteiger charge is 2.46. The molecule has 84 heavy (non-hydrogen) atoms. The van der Waals surface area contributed by atoms with E-state index in [1.807, 2.05) is 73.6 Å². The fraction of sp³-hybridized carbons (Fsp3) is 0.455. The smallest absolute Gasteiger partial charge is 0.295 e. The summed E-state index contributed by atoms with van der Waals surface area (Å²) in [5.74, 6) is -2.80. The molecular weight excluding hydrogens is 1210 g/mol. The third-order valence-corrected chi connectivity index (χ3v) is 20.0. The molecule has 0 fully saturated rings. The van der Waals surface area contributed by atoms with Crippen molar-refractivity contribution in [2.45, 2.75) is 113 Å². The number of rotatable bonds is 27. The molecule has 0 atom stereocenters. The van der Waals surface area contributed by atoms with Crippen molar-refractivity contribution in [3.05, 3.63) is 112 Å². The number of unbranched alkanes of at least 4 members (excludes halogenated alkanes) is 2. The van der Waals surface area contributed by atoms with Crippen molar-refractivity contribution in [3.63, 3.8) is 0 Å². The van der Waals surface area contributed by atoms with Crippen LogP contribution < -0.4 is 15.1 Å². The lowest BCUT2D eigenvalue weighted by molar-refractivity contribution is -0.438. The molecule has 0 aromatic heterocycles. The van der Waals surface area contributed by atoms with Crippen LogP contribution in [0.4, 0.5) is 17.1 Å². The zero-order valence-electron chi connectivity index (χ0n) is 46.7. The van der Waals surface area contributed by atoms with E-state index in [0.717, 1.165) is 39.5 Å². The van der Waals surface area contributed by atoms with Gasteiger partial charge in [0, 0.05) is 108 Å². The van der Waals surface area contributed by atoms with Crippen LogP contribution in [0.5, 0.6) is 0 Å². The quantitative estimate of drug-likeness (QED) is 0.0198. The summed E-state index contributed by atoms with van der Waals surface area (Å²) in [4.78, 5) is 39.8. The number of nitrogens with one attached hydrogen (secondary N) is 1. The molecule has 0 saturated heterocycles. The number of amides is 3. The standard InChI is InChI=1S/C55H68ClN5O18S5/c1-54(2)43-34-39(58(26-9-31-80(65,66)67)27-10-32-81(68,69)70)17-19-44(43)59(29-11-33-82(71,72)73)47(54)21-15-37-12-8-13-38(53(37)56)16-22-48-55(3,4)52-42-35-40(83(74,75)76)36-46(84(77,78)79)41(42)18-20-45(52)60(48)28-7-5-6-14-49(62)57-25-30-61-50(63)23-24-51(61)64/h15-24,34-36H,5-14,25-33H2,1-4H3,(H5-,57,62,65,66,67,68,69,70,71,72,73,74,75,76,77,78,79)/p+1. The van der Waals surface area contributed by atoms with Gasteiger partial charge in [-0.25, -0.2) is 0 Å². The van der Waals surface area contributed by atoms with Gasteiger partial charge in [-0.15, -0.1) is 0 Å². The molecular formula is C55H69ClN5O18S5+. The third-order valence-electron chi connectivity index (χ3n) is 15.3. The topological polar surface area (TPSA) is 348 Å². The van der Waals surface area contributed by atoms with Crippen LogP contribution in [-0.2, 0) is 75.8 Å². The van der Waals surface area contributed by atoms with Gasteiger partial charge in [-0.05, 0) is 130 Å². The van der Waals surface area contributed by atoms with E-state index in [-0.39, 0.29) is 75.1 Å². The first-order valence-corrected chi connectivity index (χ1v) is 35.1. The van der Waals surface area contributed by atoms with Gasteiger partial charge >= 0.3 is 0 Å². The predicted molar refractivity (Wildman–Crippen MR) is 318 cm³/mol. The summed E-state index contributed by atoms with van der Waals surface area (Å²) in [5.41, 5.74) is 4.33. The first-order chi connectivity index (χ1) is 39.0. The molecule has 0 bridgehead atoms. The van der Waals surface area contributed by atoms with E-state index >= 15 is 0 Å². The second-order valence-electron chi connectivity index (χ2n) is 22.1. The fourth-order valence-corrected chi connectivity index (χ4v) is 14.5. The first kappa shape index (κ1) is 65.9. The summed E-state index contributed by atoms with van der Waals surface area (Å²) in [6, 6.07) is 10.4. The number of halogens is 1. The number of nitrogens with zero attached hydrogens (tertiary/aromatic N) is 4. The summed E-state index contributed by atoms with van der Waals surface area (Å²) in [7, 11) is -23.0. The Labute approximate surface area is 495 Å². The molecule has 0 saturated carbocycles. The molecule has 3 amide bonds. The number of imide groups is 1. The SMILES string of the molecule is CC1(C)C(/C=C/C2=C(Cl)C(=C/C=C3/N(CCCS(=O)(=O)O)c4ccc(N(CCCS(=O)(=O)O)CCCS(=O)(=O)O)cc4C3(C)C)/CCC2)=[N+](CCCCCC(=O)NCCN2C(=O)C=CC2=O)c2ccc3c(S(=O)(=O)O)cc(S(=O)(=O)O)cc3c21. The number of hydrogen-bond donors (Lipinski definition) is 6. The minimum atomic E-state index is -5.02. The van der Waals surface area contributed by atoms with Crippen LogP contribution in [0, 0.1) is 0 Å². The molecule has 4 aliphatic rings. The number of carbonyl (C=O) groups excluding carboxylic acids is 3. The number of hydrogen-bond acceptors (Lipinski definition) is 15. The Hall–Kier alpha value is -5.66. The largest absolute Gasteiger partial charge is 0.371 e. The summed E-state index contributed by atoms with van der Waals surface area (Å²) < 4.78 is 172. The van der Waals surface area contributed by atoms with Crippen molar-refractivity contribution in [1.29, 1.82) is 0 Å². The molecule has 3 aliphatic heterocycles. The molecule has 0 unspecified atom stereocenters. The van der Waals surface area contributed by atoms with Crippen molar-refractivity contribution < 1.29 is 83.8 Å². The van der Waals surface area contributed by atoms with Crippen molar-refractivity contribution in [2.24, 2.45) is 0 Å². The maximum atomic E-state index is 12.8. The van der Waals surface area contributed by atoms with Crippen LogP contribution in [0.25, 0.3) is 10.8 Å². The molecule has 7 rings (SSSR count). The van der Waals surface area contributed by atoms with Gasteiger partial charge in [-0.2, -0.15) is 46.7 Å². The Bertz CT molecular complexity index is 3890. The molecule has 3 aromatic carbocycles. The summed E-state index contributed by atoms with van der Waals surface area (Å²) >= 11 is 7.32. The highest BCUT2D eigenvalue weighted by molar-refractivity contribution is 7.87. The number of allylic oxidation sites excluding steroid dienone is 8. The highest BCUT2D eigenvalue weighted by Crippen LogP contribution is 2.50. The van der Waals surface area contributed by atoms with Gasteiger partial charge in [0.1, 0.15) is 11.4 Å². The molecule has 6 N–H and O–H groups in total. The van der Waals surface area contributed by atoms with E-state index in [1.54, 1.807) is 17.0 Å². The van der Waals surface area contributed by atoms with Gasteiger partial charge in [0.2, 0.25) is 11.6 Å².